The molecule has 3 rings (SSSR count). The second-order valence-corrected chi connectivity index (χ2v) is 9.80. The van der Waals surface area contributed by atoms with E-state index in [0.717, 1.165) is 6.42 Å². The number of esters is 1. The first kappa shape index (κ1) is 28.6. The molecule has 0 saturated carbocycles. The quantitative estimate of drug-likeness (QED) is 0.182. The molecule has 0 fully saturated rings. The van der Waals surface area contributed by atoms with Gasteiger partial charge in [-0.15, -0.1) is 16.8 Å². The molecular formula is C28H33N5O4S. The van der Waals surface area contributed by atoms with E-state index in [2.05, 4.69) is 27.4 Å². The molecule has 0 spiro atoms. The number of ether oxygens (including phenoxy) is 1. The van der Waals surface area contributed by atoms with Crippen molar-refractivity contribution in [2.24, 2.45) is 5.92 Å². The predicted octanol–water partition coefficient (Wildman–Crippen LogP) is 4.89. The monoisotopic (exact) mass is 535 g/mol. The van der Waals surface area contributed by atoms with E-state index in [1.807, 2.05) is 43.5 Å². The Labute approximate surface area is 227 Å². The van der Waals surface area contributed by atoms with Crippen LogP contribution in [0.15, 0.2) is 72.4 Å². The van der Waals surface area contributed by atoms with E-state index < -0.39 is 12.0 Å². The summed E-state index contributed by atoms with van der Waals surface area (Å²) in [6.45, 7) is 10.5. The van der Waals surface area contributed by atoms with Crippen LogP contribution >= 0.6 is 11.8 Å². The van der Waals surface area contributed by atoms with E-state index >= 15 is 0 Å². The third-order valence-electron chi connectivity index (χ3n) is 5.48. The molecular weight excluding hydrogens is 502 g/mol. The highest BCUT2D eigenvalue weighted by atomic mass is 32.2. The van der Waals surface area contributed by atoms with Crippen LogP contribution in [-0.4, -0.2) is 44.9 Å². The second-order valence-electron chi connectivity index (χ2n) is 8.85. The number of rotatable bonds is 13. The number of carbonyl (C=O) groups is 3. The minimum Gasteiger partial charge on any atom is -0.462 e. The highest BCUT2D eigenvalue weighted by Crippen LogP contribution is 2.26. The smallest absolute Gasteiger partial charge is 0.338 e. The van der Waals surface area contributed by atoms with E-state index in [0.29, 0.717) is 40.9 Å². The first-order valence-corrected chi connectivity index (χ1v) is 13.4. The fourth-order valence-electron chi connectivity index (χ4n) is 3.61. The molecule has 0 radical (unpaired) electrons. The third kappa shape index (κ3) is 7.79. The van der Waals surface area contributed by atoms with Crippen LogP contribution in [0.4, 0.5) is 5.69 Å². The van der Waals surface area contributed by atoms with Gasteiger partial charge in [0.05, 0.1) is 24.0 Å². The van der Waals surface area contributed by atoms with Crippen molar-refractivity contribution in [1.29, 1.82) is 0 Å². The van der Waals surface area contributed by atoms with Gasteiger partial charge in [-0.1, -0.05) is 62.9 Å². The van der Waals surface area contributed by atoms with Crippen LogP contribution in [0.1, 0.15) is 59.8 Å². The van der Waals surface area contributed by atoms with Crippen LogP contribution in [0.5, 0.6) is 0 Å². The Morgan fingerprint density at radius 3 is 2.50 bits per heavy atom. The molecule has 0 bridgehead atoms. The summed E-state index contributed by atoms with van der Waals surface area (Å²) in [4.78, 5) is 37.6. The lowest BCUT2D eigenvalue weighted by molar-refractivity contribution is -0.113. The molecule has 0 unspecified atom stereocenters. The molecule has 1 atom stereocenters. The second kappa shape index (κ2) is 14.1. The summed E-state index contributed by atoms with van der Waals surface area (Å²) in [5.74, 6) is -0.198. The van der Waals surface area contributed by atoms with Crippen molar-refractivity contribution in [3.8, 4) is 0 Å². The Morgan fingerprint density at radius 1 is 1.08 bits per heavy atom. The lowest BCUT2D eigenvalue weighted by Gasteiger charge is -2.22. The molecule has 1 heterocycles. The van der Waals surface area contributed by atoms with Crippen LogP contribution in [0.2, 0.25) is 0 Å². The average Bonchev–Trinajstić information content (AvgIpc) is 3.31. The summed E-state index contributed by atoms with van der Waals surface area (Å²) in [5, 5.41) is 15.1. The number of anilines is 1. The van der Waals surface area contributed by atoms with Gasteiger partial charge in [0.25, 0.3) is 5.91 Å². The first-order chi connectivity index (χ1) is 18.3. The van der Waals surface area contributed by atoms with Crippen LogP contribution in [-0.2, 0) is 16.1 Å². The zero-order valence-electron chi connectivity index (χ0n) is 21.8. The Bertz CT molecular complexity index is 1260. The summed E-state index contributed by atoms with van der Waals surface area (Å²) >= 11 is 1.23. The van der Waals surface area contributed by atoms with Gasteiger partial charge in [-0.05, 0) is 42.7 Å². The Morgan fingerprint density at radius 2 is 1.82 bits per heavy atom. The van der Waals surface area contributed by atoms with Crippen LogP contribution < -0.4 is 10.6 Å². The van der Waals surface area contributed by atoms with Gasteiger partial charge in [-0.2, -0.15) is 0 Å². The maximum atomic E-state index is 12.8. The van der Waals surface area contributed by atoms with Crippen molar-refractivity contribution in [3.63, 3.8) is 0 Å². The molecule has 0 saturated heterocycles. The fraction of sp³-hybridized carbons (Fsp3) is 0.321. The number of allylic oxidation sites excluding steroid dienone is 1. The highest BCUT2D eigenvalue weighted by molar-refractivity contribution is 7.99. The maximum Gasteiger partial charge on any atom is 0.338 e. The molecule has 2 N–H and O–H groups in total. The van der Waals surface area contributed by atoms with Gasteiger partial charge in [-0.3, -0.25) is 9.59 Å². The van der Waals surface area contributed by atoms with E-state index in [9.17, 15) is 14.4 Å². The fourth-order valence-corrected chi connectivity index (χ4v) is 4.37. The standard InChI is InChI=1S/C28H33N5O4S/c1-5-15-33-25(24(19(3)4)30-26(35)20-11-8-7-9-12-20)31-32-28(33)38-18-23(34)29-22-14-10-13-21(17-22)27(36)37-16-6-2/h5,7-14,17,19,24H,1,6,15-16,18H2,2-4H3,(H,29,34)(H,30,35)/t24-/m0/s1. The molecule has 2 aromatic carbocycles. The number of hydrogen-bond acceptors (Lipinski definition) is 7. The summed E-state index contributed by atoms with van der Waals surface area (Å²) in [5.41, 5.74) is 1.43. The molecule has 1 aromatic heterocycles. The molecule has 9 nitrogen and oxygen atoms in total. The van der Waals surface area contributed by atoms with Gasteiger partial charge in [0.15, 0.2) is 11.0 Å². The minimum atomic E-state index is -0.429. The molecule has 38 heavy (non-hydrogen) atoms. The molecule has 0 aliphatic carbocycles. The highest BCUT2D eigenvalue weighted by Gasteiger charge is 2.26. The van der Waals surface area contributed by atoms with Crippen LogP contribution in [0, 0.1) is 5.92 Å². The Kier molecular flexibility index (Phi) is 10.7. The largest absolute Gasteiger partial charge is 0.462 e. The topological polar surface area (TPSA) is 115 Å². The Hall–Kier alpha value is -3.92. The summed E-state index contributed by atoms with van der Waals surface area (Å²) in [7, 11) is 0. The van der Waals surface area contributed by atoms with Crippen molar-refractivity contribution in [2.45, 2.75) is 44.9 Å². The van der Waals surface area contributed by atoms with Gasteiger partial charge < -0.3 is 19.9 Å². The van der Waals surface area contributed by atoms with Crippen LogP contribution in [0.3, 0.4) is 0 Å². The number of nitrogens with zero attached hydrogens (tertiary/aromatic N) is 3. The number of amides is 2. The molecule has 0 aliphatic rings. The lowest BCUT2D eigenvalue weighted by atomic mass is 10.0. The van der Waals surface area contributed by atoms with Crippen LogP contribution in [0.25, 0.3) is 0 Å². The van der Waals surface area contributed by atoms with Crippen molar-refractivity contribution < 1.29 is 19.1 Å². The number of thioether (sulfide) groups is 1. The van der Waals surface area contributed by atoms with Gasteiger partial charge >= 0.3 is 5.97 Å². The van der Waals surface area contributed by atoms with E-state index in [1.54, 1.807) is 42.5 Å². The molecule has 10 heteroatoms. The number of aromatic nitrogens is 3. The van der Waals surface area contributed by atoms with Gasteiger partial charge in [0.1, 0.15) is 0 Å². The summed E-state index contributed by atoms with van der Waals surface area (Å²) in [6, 6.07) is 15.2. The van der Waals surface area contributed by atoms with Gasteiger partial charge in [0, 0.05) is 17.8 Å². The summed E-state index contributed by atoms with van der Waals surface area (Å²) in [6.07, 6.45) is 2.45. The molecule has 3 aromatic rings. The van der Waals surface area contributed by atoms with Gasteiger partial charge in [0.2, 0.25) is 5.91 Å². The average molecular weight is 536 g/mol. The maximum absolute atomic E-state index is 12.8. The Balaban J connectivity index is 1.69. The predicted molar refractivity (Wildman–Crippen MR) is 148 cm³/mol. The van der Waals surface area contributed by atoms with E-state index in [1.165, 1.54) is 11.8 Å². The third-order valence-corrected chi connectivity index (χ3v) is 6.44. The van der Waals surface area contributed by atoms with Crippen molar-refractivity contribution in [2.75, 3.05) is 17.7 Å². The normalized spacial score (nSPS) is 11.6. The number of benzene rings is 2. The summed E-state index contributed by atoms with van der Waals surface area (Å²) < 4.78 is 7.01. The van der Waals surface area contributed by atoms with Gasteiger partial charge in [-0.25, -0.2) is 4.79 Å². The zero-order chi connectivity index (χ0) is 27.5. The lowest BCUT2D eigenvalue weighted by Crippen LogP contribution is -2.33. The SMILES string of the molecule is C=CCn1c(SCC(=O)Nc2cccc(C(=O)OCCC)c2)nnc1[C@@H](NC(=O)c1ccccc1)C(C)C. The number of hydrogen-bond donors (Lipinski definition) is 2. The molecule has 0 aliphatic heterocycles. The van der Waals surface area contributed by atoms with E-state index in [4.69, 9.17) is 4.74 Å². The number of nitrogens with one attached hydrogen (secondary N) is 2. The minimum absolute atomic E-state index is 0.0351. The number of carbonyl (C=O) groups excluding carboxylic acids is 3. The van der Waals surface area contributed by atoms with E-state index in [-0.39, 0.29) is 23.5 Å². The van der Waals surface area contributed by atoms with Crippen molar-refractivity contribution >= 4 is 35.2 Å². The zero-order valence-corrected chi connectivity index (χ0v) is 22.7. The van der Waals surface area contributed by atoms with Crippen molar-refractivity contribution in [1.82, 2.24) is 20.1 Å². The molecule has 2 amide bonds. The first-order valence-electron chi connectivity index (χ1n) is 12.4. The van der Waals surface area contributed by atoms with Crippen molar-refractivity contribution in [3.05, 3.63) is 84.2 Å². The molecule has 200 valence electrons.